The van der Waals surface area contributed by atoms with Crippen molar-refractivity contribution >= 4 is 44.3 Å². The lowest BCUT2D eigenvalue weighted by Gasteiger charge is -2.19. The normalized spacial score (nSPS) is 11.3. The molecule has 11 nitrogen and oxygen atoms in total. The molecule has 0 saturated heterocycles. The number of ether oxygens (including phenoxy) is 3. The summed E-state index contributed by atoms with van der Waals surface area (Å²) in [5.41, 5.74) is 1.35. The van der Waals surface area contributed by atoms with Gasteiger partial charge in [0.25, 0.3) is 22.4 Å². The number of hydrogen-bond acceptors (Lipinski definition) is 9. The van der Waals surface area contributed by atoms with Crippen molar-refractivity contribution in [2.75, 3.05) is 37.4 Å². The maximum atomic E-state index is 13.4. The highest BCUT2D eigenvalue weighted by molar-refractivity contribution is 7.92. The van der Waals surface area contributed by atoms with Gasteiger partial charge in [0, 0.05) is 17.7 Å². The van der Waals surface area contributed by atoms with Gasteiger partial charge in [-0.1, -0.05) is 25.5 Å². The number of methoxy groups -OCH3 is 2. The van der Waals surface area contributed by atoms with Crippen LogP contribution in [0.3, 0.4) is 0 Å². The molecule has 0 unspecified atom stereocenters. The largest absolute Gasteiger partial charge is 0.497 e. The Kier molecular flexibility index (Phi) is 10.1. The Morgan fingerprint density at radius 1 is 0.953 bits per heavy atom. The molecule has 4 aromatic rings. The highest BCUT2D eigenvalue weighted by Crippen LogP contribution is 2.42. The third-order valence-corrected chi connectivity index (χ3v) is 7.48. The first kappa shape index (κ1) is 31.2. The van der Waals surface area contributed by atoms with Gasteiger partial charge in [0.15, 0.2) is 23.1 Å². The van der Waals surface area contributed by atoms with E-state index in [9.17, 15) is 22.0 Å². The third-order valence-electron chi connectivity index (χ3n) is 6.13. The number of aromatic nitrogens is 2. The Hall–Kier alpha value is -4.72. The van der Waals surface area contributed by atoms with Crippen LogP contribution in [0.1, 0.15) is 30.1 Å². The number of alkyl halides is 2. The zero-order valence-electron chi connectivity index (χ0n) is 23.7. The van der Waals surface area contributed by atoms with Crippen LogP contribution in [0.4, 0.5) is 26.1 Å². The quantitative estimate of drug-likeness (QED) is 0.160. The zero-order valence-corrected chi connectivity index (χ0v) is 24.5. The average Bonchev–Trinajstić information content (AvgIpc) is 3.00. The third kappa shape index (κ3) is 7.77. The van der Waals surface area contributed by atoms with E-state index in [-0.39, 0.29) is 22.1 Å². The highest BCUT2D eigenvalue weighted by Gasteiger charge is 2.22. The van der Waals surface area contributed by atoms with E-state index < -0.39 is 28.9 Å². The topological polar surface area (TPSA) is 141 Å². The molecule has 0 atom stereocenters. The fraction of sp³-hybridized carbons (Fsp3) is 0.276. The van der Waals surface area contributed by atoms with E-state index in [4.69, 9.17) is 14.2 Å². The molecule has 0 spiro atoms. The lowest BCUT2D eigenvalue weighted by Crippen LogP contribution is -2.28. The molecular weight excluding hydrogens is 584 g/mol. The molecule has 0 radical (unpaired) electrons. The van der Waals surface area contributed by atoms with Crippen LogP contribution in [0.2, 0.25) is 0 Å². The summed E-state index contributed by atoms with van der Waals surface area (Å²) >= 11 is 0. The van der Waals surface area contributed by atoms with Crippen LogP contribution in [0.25, 0.3) is 11.0 Å². The average molecular weight is 616 g/mol. The molecule has 43 heavy (non-hydrogen) atoms. The van der Waals surface area contributed by atoms with Gasteiger partial charge in [0.05, 0.1) is 49.0 Å². The second kappa shape index (κ2) is 14.0. The second-order valence-corrected chi connectivity index (χ2v) is 10.9. The lowest BCUT2D eigenvalue weighted by atomic mass is 10.2. The summed E-state index contributed by atoms with van der Waals surface area (Å²) in [7, 11) is -1.25. The van der Waals surface area contributed by atoms with Gasteiger partial charge in [0.1, 0.15) is 5.75 Å². The number of benzene rings is 3. The summed E-state index contributed by atoms with van der Waals surface area (Å²) in [5, 5.41) is 5.20. The second-order valence-electron chi connectivity index (χ2n) is 9.17. The molecule has 228 valence electrons. The molecule has 0 saturated carbocycles. The van der Waals surface area contributed by atoms with E-state index in [0.29, 0.717) is 40.6 Å². The Labute approximate surface area is 247 Å². The van der Waals surface area contributed by atoms with Gasteiger partial charge >= 0.3 is 0 Å². The van der Waals surface area contributed by atoms with Gasteiger partial charge in [-0.2, -0.15) is 0 Å². The number of fused-ring (bicyclic) bond motifs is 1. The molecule has 0 aliphatic carbocycles. The lowest BCUT2D eigenvalue weighted by molar-refractivity contribution is 0.0891. The summed E-state index contributed by atoms with van der Waals surface area (Å²) in [6.45, 7) is 1.63. The SMILES string of the molecule is CCCCOc1c(Nc2nc3ccccc3nc2NS(=O)(=O)c2ccc(C(=O)NCC(F)F)cc2)cc(OC)cc1OC. The van der Waals surface area contributed by atoms with Crippen molar-refractivity contribution in [3.8, 4) is 17.2 Å². The minimum atomic E-state index is -4.24. The van der Waals surface area contributed by atoms with Crippen molar-refractivity contribution in [1.29, 1.82) is 0 Å². The standard InChI is InChI=1S/C29H31F2N5O6S/c1-4-5-14-42-26-23(15-19(40-2)16-24(26)41-3)35-27-28(34-22-9-7-6-8-21(22)33-27)36-43(38,39)20-12-10-18(11-13-20)29(37)32-17-25(30)31/h6-13,15-16,25H,4-5,14,17H2,1-3H3,(H,32,37)(H,33,35)(H,34,36). The first-order chi connectivity index (χ1) is 20.6. The minimum absolute atomic E-state index is 0.0232. The number of rotatable bonds is 14. The van der Waals surface area contributed by atoms with Crippen LogP contribution in [-0.2, 0) is 10.0 Å². The molecule has 4 rings (SSSR count). The van der Waals surface area contributed by atoms with Crippen molar-refractivity contribution in [1.82, 2.24) is 15.3 Å². The van der Waals surface area contributed by atoms with E-state index in [0.717, 1.165) is 12.8 Å². The number of sulfonamides is 1. The van der Waals surface area contributed by atoms with Crippen LogP contribution in [0.5, 0.6) is 17.2 Å². The van der Waals surface area contributed by atoms with Gasteiger partial charge < -0.3 is 24.8 Å². The van der Waals surface area contributed by atoms with Crippen molar-refractivity contribution in [3.05, 3.63) is 66.2 Å². The molecule has 1 aromatic heterocycles. The number of carbonyl (C=O) groups is 1. The van der Waals surface area contributed by atoms with Crippen LogP contribution in [-0.4, -0.2) is 58.1 Å². The smallest absolute Gasteiger partial charge is 0.263 e. The van der Waals surface area contributed by atoms with Gasteiger partial charge in [-0.25, -0.2) is 27.2 Å². The molecular formula is C29H31F2N5O6S. The number of nitrogens with zero attached hydrogens (tertiary/aromatic N) is 2. The monoisotopic (exact) mass is 615 g/mol. The molecule has 14 heteroatoms. The molecule has 1 heterocycles. The van der Waals surface area contributed by atoms with Crippen LogP contribution >= 0.6 is 0 Å². The fourth-order valence-electron chi connectivity index (χ4n) is 3.94. The molecule has 1 amide bonds. The maximum absolute atomic E-state index is 13.4. The fourth-order valence-corrected chi connectivity index (χ4v) is 4.95. The number of halogens is 2. The molecule has 3 N–H and O–H groups in total. The first-order valence-electron chi connectivity index (χ1n) is 13.3. The predicted octanol–water partition coefficient (Wildman–Crippen LogP) is 5.37. The van der Waals surface area contributed by atoms with Crippen molar-refractivity contribution in [3.63, 3.8) is 0 Å². The van der Waals surface area contributed by atoms with E-state index in [1.807, 2.05) is 6.92 Å². The van der Waals surface area contributed by atoms with E-state index in [1.165, 1.54) is 38.5 Å². The van der Waals surface area contributed by atoms with E-state index in [1.54, 1.807) is 36.4 Å². The summed E-state index contributed by atoms with van der Waals surface area (Å²) in [5.74, 6) is 0.429. The Bertz CT molecular complexity index is 1690. The van der Waals surface area contributed by atoms with Crippen LogP contribution in [0, 0.1) is 0 Å². The number of amides is 1. The zero-order chi connectivity index (χ0) is 31.0. The minimum Gasteiger partial charge on any atom is -0.497 e. The summed E-state index contributed by atoms with van der Waals surface area (Å²) < 4.78 is 71.1. The summed E-state index contributed by atoms with van der Waals surface area (Å²) in [6.07, 6.45) is -1.01. The highest BCUT2D eigenvalue weighted by atomic mass is 32.2. The molecule has 0 aliphatic heterocycles. The van der Waals surface area contributed by atoms with E-state index in [2.05, 4.69) is 25.3 Å². The molecule has 3 aromatic carbocycles. The molecule has 0 bridgehead atoms. The first-order valence-corrected chi connectivity index (χ1v) is 14.7. The Morgan fingerprint density at radius 3 is 2.23 bits per heavy atom. The van der Waals surface area contributed by atoms with Crippen molar-refractivity contribution in [2.45, 2.75) is 31.1 Å². The van der Waals surface area contributed by atoms with Crippen molar-refractivity contribution < 1.29 is 36.2 Å². The van der Waals surface area contributed by atoms with Gasteiger partial charge in [0.2, 0.25) is 0 Å². The molecule has 0 fully saturated rings. The van der Waals surface area contributed by atoms with Gasteiger partial charge in [-0.05, 0) is 42.8 Å². The van der Waals surface area contributed by atoms with Crippen molar-refractivity contribution in [2.24, 2.45) is 0 Å². The van der Waals surface area contributed by atoms with Crippen LogP contribution < -0.4 is 29.6 Å². The maximum Gasteiger partial charge on any atom is 0.263 e. The number of para-hydroxylation sites is 2. The number of hydrogen-bond donors (Lipinski definition) is 3. The number of nitrogens with one attached hydrogen (secondary N) is 3. The summed E-state index contributed by atoms with van der Waals surface area (Å²) in [6, 6.07) is 15.1. The number of carbonyl (C=O) groups excluding carboxylic acids is 1. The van der Waals surface area contributed by atoms with Crippen LogP contribution in [0.15, 0.2) is 65.6 Å². The predicted molar refractivity (Wildman–Crippen MR) is 158 cm³/mol. The Morgan fingerprint density at radius 2 is 1.63 bits per heavy atom. The molecule has 0 aliphatic rings. The van der Waals surface area contributed by atoms with Gasteiger partial charge in [-0.3, -0.25) is 9.52 Å². The number of unbranched alkanes of at least 4 members (excludes halogenated alkanes) is 1. The summed E-state index contributed by atoms with van der Waals surface area (Å²) in [4.78, 5) is 21.0. The van der Waals surface area contributed by atoms with Gasteiger partial charge in [-0.15, -0.1) is 0 Å². The van der Waals surface area contributed by atoms with E-state index >= 15 is 0 Å². The number of anilines is 3. The Balaban J connectivity index is 1.71.